The molecule has 10 heteroatoms. The molecule has 0 radical (unpaired) electrons. The highest BCUT2D eigenvalue weighted by Gasteiger charge is 2.62. The molecule has 2 aliphatic rings. The van der Waals surface area contributed by atoms with Crippen LogP contribution in [0.25, 0.3) is 0 Å². The Balaban J connectivity index is 1.76. The Morgan fingerprint density at radius 2 is 1.92 bits per heavy atom. The zero-order valence-corrected chi connectivity index (χ0v) is 22.2. The lowest BCUT2D eigenvalue weighted by Crippen LogP contribution is -2.55. The van der Waals surface area contributed by atoms with E-state index in [1.54, 1.807) is 49.2 Å². The fourth-order valence-corrected chi connectivity index (χ4v) is 4.71. The Bertz CT molecular complexity index is 1060. The topological polar surface area (TPSA) is 131 Å². The molecule has 1 saturated carbocycles. The van der Waals surface area contributed by atoms with Crippen molar-refractivity contribution in [2.45, 2.75) is 56.7 Å². The number of carbonyl (C=O) groups is 4. The van der Waals surface area contributed by atoms with E-state index >= 15 is 0 Å². The van der Waals surface area contributed by atoms with Gasteiger partial charge in [-0.2, -0.15) is 0 Å². The zero-order chi connectivity index (χ0) is 27.9. The molecule has 38 heavy (non-hydrogen) atoms. The highest BCUT2D eigenvalue weighted by Crippen LogP contribution is 2.45. The van der Waals surface area contributed by atoms with Gasteiger partial charge in [0.25, 0.3) is 0 Å². The maximum atomic E-state index is 13.5. The summed E-state index contributed by atoms with van der Waals surface area (Å²) in [5, 5.41) is 2.80. The molecule has 0 aromatic heterocycles. The maximum absolute atomic E-state index is 13.5. The number of urea groups is 1. The molecule has 3 N–H and O–H groups in total. The van der Waals surface area contributed by atoms with Gasteiger partial charge in [0, 0.05) is 31.6 Å². The highest BCUT2D eigenvalue weighted by molar-refractivity contribution is 5.94. The van der Waals surface area contributed by atoms with Crippen molar-refractivity contribution >= 4 is 29.6 Å². The molecule has 1 aliphatic heterocycles. The molecule has 1 aromatic carbocycles. The number of nitrogens with one attached hydrogen (secondary N) is 1. The Morgan fingerprint density at radius 1 is 1.21 bits per heavy atom. The molecule has 1 aliphatic carbocycles. The molecule has 1 aromatic rings. The van der Waals surface area contributed by atoms with Gasteiger partial charge in [0.1, 0.15) is 17.7 Å². The number of likely N-dealkylation sites (tertiary alicyclic amines) is 1. The Morgan fingerprint density at radius 3 is 2.53 bits per heavy atom. The largest absolute Gasteiger partial charge is 0.464 e. The van der Waals surface area contributed by atoms with Crippen molar-refractivity contribution in [2.75, 3.05) is 32.5 Å². The first-order chi connectivity index (χ1) is 18.2. The standard InChI is InChI=1S/C28H38N4O6/c1-5-8-9-10-15-31(4)24(33)23-16-22(38-25(34)19-11-13-21(29)14-12-19)18-32(23)27(36)30-28(17-20(28)6-2)26(35)37-7-3/h5-6,11-14,20,22-23H,1-2,7-10,15-18,29H2,3-4H3,(H,30,36)/t20-,22-,23+,28-/m1/s1. The van der Waals surface area contributed by atoms with E-state index < -0.39 is 35.7 Å². The summed E-state index contributed by atoms with van der Waals surface area (Å²) >= 11 is 0. The quantitative estimate of drug-likeness (QED) is 0.185. The number of nitrogen functional groups attached to an aromatic ring is 1. The zero-order valence-electron chi connectivity index (χ0n) is 22.2. The Hall–Kier alpha value is -3.82. The van der Waals surface area contributed by atoms with E-state index in [0.717, 1.165) is 19.3 Å². The summed E-state index contributed by atoms with van der Waals surface area (Å²) < 4.78 is 10.9. The van der Waals surface area contributed by atoms with E-state index in [-0.39, 0.29) is 31.4 Å². The van der Waals surface area contributed by atoms with Gasteiger partial charge in [0.05, 0.1) is 18.7 Å². The molecule has 0 bridgehead atoms. The lowest BCUT2D eigenvalue weighted by atomic mass is 10.1. The van der Waals surface area contributed by atoms with Crippen LogP contribution in [0.15, 0.2) is 49.6 Å². The summed E-state index contributed by atoms with van der Waals surface area (Å²) in [6, 6.07) is 4.86. The molecule has 3 amide bonds. The minimum absolute atomic E-state index is 0.00488. The minimum Gasteiger partial charge on any atom is -0.464 e. The number of benzene rings is 1. The van der Waals surface area contributed by atoms with Crippen molar-refractivity contribution in [3.63, 3.8) is 0 Å². The van der Waals surface area contributed by atoms with Crippen molar-refractivity contribution in [1.29, 1.82) is 0 Å². The molecule has 4 atom stereocenters. The second-order valence-electron chi connectivity index (χ2n) is 9.77. The van der Waals surface area contributed by atoms with Crippen molar-refractivity contribution in [3.8, 4) is 0 Å². The third-order valence-corrected chi connectivity index (χ3v) is 7.03. The molecule has 3 rings (SSSR count). The average Bonchev–Trinajstić information content (AvgIpc) is 3.46. The van der Waals surface area contributed by atoms with Gasteiger partial charge in [-0.1, -0.05) is 12.2 Å². The third-order valence-electron chi connectivity index (χ3n) is 7.03. The fraction of sp³-hybridized carbons (Fsp3) is 0.500. The number of carbonyl (C=O) groups excluding carboxylic acids is 4. The second kappa shape index (κ2) is 12.6. The smallest absolute Gasteiger partial charge is 0.338 e. The number of rotatable bonds is 12. The van der Waals surface area contributed by atoms with E-state index in [9.17, 15) is 19.2 Å². The van der Waals surface area contributed by atoms with Crippen LogP contribution in [0, 0.1) is 5.92 Å². The number of amides is 3. The monoisotopic (exact) mass is 526 g/mol. The van der Waals surface area contributed by atoms with Crippen LogP contribution in [0.5, 0.6) is 0 Å². The molecule has 206 valence electrons. The predicted octanol–water partition coefficient (Wildman–Crippen LogP) is 2.90. The Labute approximate surface area is 223 Å². The van der Waals surface area contributed by atoms with Crippen LogP contribution in [0.2, 0.25) is 0 Å². The second-order valence-corrected chi connectivity index (χ2v) is 9.77. The number of ether oxygens (including phenoxy) is 2. The van der Waals surface area contributed by atoms with Gasteiger partial charge < -0.3 is 30.3 Å². The van der Waals surface area contributed by atoms with Gasteiger partial charge in [0.15, 0.2) is 0 Å². The molecule has 0 unspecified atom stereocenters. The van der Waals surface area contributed by atoms with Gasteiger partial charge in [-0.05, 0) is 56.9 Å². The number of nitrogens with two attached hydrogens (primary N) is 1. The van der Waals surface area contributed by atoms with Gasteiger partial charge in [-0.15, -0.1) is 13.2 Å². The number of allylic oxidation sites excluding steroid dienone is 1. The van der Waals surface area contributed by atoms with Gasteiger partial charge >= 0.3 is 18.0 Å². The molecule has 0 spiro atoms. The van der Waals surface area contributed by atoms with Crippen molar-refractivity contribution in [2.24, 2.45) is 5.92 Å². The number of hydrogen-bond acceptors (Lipinski definition) is 7. The van der Waals surface area contributed by atoms with Crippen LogP contribution < -0.4 is 11.1 Å². The van der Waals surface area contributed by atoms with Gasteiger partial charge in [-0.25, -0.2) is 14.4 Å². The number of unbranched alkanes of at least 4 members (excludes halogenated alkanes) is 2. The van der Waals surface area contributed by atoms with Crippen LogP contribution in [-0.4, -0.2) is 78.1 Å². The van der Waals surface area contributed by atoms with Crippen LogP contribution in [0.1, 0.15) is 49.4 Å². The van der Waals surface area contributed by atoms with Crippen molar-refractivity contribution < 1.29 is 28.7 Å². The third kappa shape index (κ3) is 6.54. The van der Waals surface area contributed by atoms with E-state index in [2.05, 4.69) is 18.5 Å². The van der Waals surface area contributed by atoms with Crippen molar-refractivity contribution in [1.82, 2.24) is 15.1 Å². The fourth-order valence-electron chi connectivity index (χ4n) is 4.71. The normalized spacial score (nSPS) is 23.7. The van der Waals surface area contributed by atoms with Crippen LogP contribution in [0.3, 0.4) is 0 Å². The average molecular weight is 527 g/mol. The lowest BCUT2D eigenvalue weighted by Gasteiger charge is -2.29. The molecule has 2 fully saturated rings. The lowest BCUT2D eigenvalue weighted by molar-refractivity contribution is -0.147. The number of likely N-dealkylation sites (N-methyl/N-ethyl adjacent to an activating group) is 1. The first-order valence-corrected chi connectivity index (χ1v) is 13.0. The first-order valence-electron chi connectivity index (χ1n) is 13.0. The number of hydrogen-bond donors (Lipinski definition) is 2. The van der Waals surface area contributed by atoms with E-state index in [0.29, 0.717) is 24.2 Å². The summed E-state index contributed by atoms with van der Waals surface area (Å²) in [6.07, 6.45) is 5.77. The molecular weight excluding hydrogens is 488 g/mol. The van der Waals surface area contributed by atoms with Gasteiger partial charge in [-0.3, -0.25) is 4.79 Å². The van der Waals surface area contributed by atoms with E-state index in [1.807, 2.05) is 6.08 Å². The summed E-state index contributed by atoms with van der Waals surface area (Å²) in [6.45, 7) is 9.84. The summed E-state index contributed by atoms with van der Waals surface area (Å²) in [4.78, 5) is 55.2. The first kappa shape index (κ1) is 28.7. The van der Waals surface area contributed by atoms with Crippen molar-refractivity contribution in [3.05, 3.63) is 55.1 Å². The minimum atomic E-state index is -1.21. The molecular formula is C28H38N4O6. The van der Waals surface area contributed by atoms with E-state index in [1.165, 1.54) is 4.90 Å². The maximum Gasteiger partial charge on any atom is 0.338 e. The SMILES string of the molecule is C=CCCCCN(C)C(=O)[C@@H]1C[C@@H](OC(=O)c2ccc(N)cc2)CN1C(=O)N[C@]1(C(=O)OCC)C[C@H]1C=C. The summed E-state index contributed by atoms with van der Waals surface area (Å²) in [5.74, 6) is -1.64. The number of nitrogens with zero attached hydrogens (tertiary/aromatic N) is 2. The number of esters is 2. The molecule has 1 saturated heterocycles. The van der Waals surface area contributed by atoms with Crippen LogP contribution >= 0.6 is 0 Å². The van der Waals surface area contributed by atoms with Crippen LogP contribution in [-0.2, 0) is 19.1 Å². The summed E-state index contributed by atoms with van der Waals surface area (Å²) in [7, 11) is 1.69. The molecule has 1 heterocycles. The number of anilines is 1. The Kier molecular flexibility index (Phi) is 9.55. The van der Waals surface area contributed by atoms with Gasteiger partial charge in [0.2, 0.25) is 5.91 Å². The summed E-state index contributed by atoms with van der Waals surface area (Å²) in [5.41, 5.74) is 5.32. The highest BCUT2D eigenvalue weighted by atomic mass is 16.5. The molecule has 10 nitrogen and oxygen atoms in total. The predicted molar refractivity (Wildman–Crippen MR) is 143 cm³/mol. The van der Waals surface area contributed by atoms with E-state index in [4.69, 9.17) is 15.2 Å². The van der Waals surface area contributed by atoms with Crippen LogP contribution in [0.4, 0.5) is 10.5 Å².